The number of aromatic nitrogens is 2. The van der Waals surface area contributed by atoms with Crippen molar-refractivity contribution in [2.24, 2.45) is 5.73 Å². The van der Waals surface area contributed by atoms with Gasteiger partial charge in [0.15, 0.2) is 0 Å². The standard InChI is InChI=1S/C14H20N4/c15-11-5-6-18(8-11)13-7-12(9-1-2-9)16-14(17-13)10-3-4-10/h7,9-11H,1-6,8,15H2. The minimum absolute atomic E-state index is 0.314. The lowest BCUT2D eigenvalue weighted by molar-refractivity contribution is 0.750. The fourth-order valence-corrected chi connectivity index (χ4v) is 2.74. The summed E-state index contributed by atoms with van der Waals surface area (Å²) in [6.45, 7) is 2.00. The molecular formula is C14H20N4. The normalized spacial score (nSPS) is 27.8. The van der Waals surface area contributed by atoms with Gasteiger partial charge in [-0.2, -0.15) is 0 Å². The van der Waals surface area contributed by atoms with Crippen LogP contribution in [0.5, 0.6) is 0 Å². The molecule has 0 spiro atoms. The highest BCUT2D eigenvalue weighted by Crippen LogP contribution is 2.43. The molecule has 1 unspecified atom stereocenters. The van der Waals surface area contributed by atoms with Crippen LogP contribution in [-0.2, 0) is 0 Å². The molecule has 0 amide bonds. The zero-order valence-corrected chi connectivity index (χ0v) is 10.7. The molecule has 2 saturated carbocycles. The highest BCUT2D eigenvalue weighted by molar-refractivity contribution is 5.43. The van der Waals surface area contributed by atoms with Crippen LogP contribution in [0.3, 0.4) is 0 Å². The van der Waals surface area contributed by atoms with Gasteiger partial charge in [0.25, 0.3) is 0 Å². The molecule has 18 heavy (non-hydrogen) atoms. The van der Waals surface area contributed by atoms with Gasteiger partial charge in [-0.1, -0.05) is 0 Å². The molecule has 1 aromatic rings. The van der Waals surface area contributed by atoms with E-state index in [0.717, 1.165) is 31.2 Å². The third-order valence-electron chi connectivity index (χ3n) is 4.24. The number of hydrogen-bond donors (Lipinski definition) is 1. The van der Waals surface area contributed by atoms with E-state index in [4.69, 9.17) is 15.7 Å². The van der Waals surface area contributed by atoms with Crippen molar-refractivity contribution in [3.8, 4) is 0 Å². The predicted octanol–water partition coefficient (Wildman–Crippen LogP) is 1.77. The second-order valence-corrected chi connectivity index (χ2v) is 6.05. The smallest absolute Gasteiger partial charge is 0.134 e. The van der Waals surface area contributed by atoms with E-state index >= 15 is 0 Å². The summed E-state index contributed by atoms with van der Waals surface area (Å²) in [5, 5.41) is 0. The van der Waals surface area contributed by atoms with Gasteiger partial charge in [-0.15, -0.1) is 0 Å². The largest absolute Gasteiger partial charge is 0.355 e. The summed E-state index contributed by atoms with van der Waals surface area (Å²) in [4.78, 5) is 11.9. The van der Waals surface area contributed by atoms with Crippen LogP contribution in [0.1, 0.15) is 55.5 Å². The lowest BCUT2D eigenvalue weighted by Crippen LogP contribution is -2.27. The first-order valence-corrected chi connectivity index (χ1v) is 7.19. The minimum atomic E-state index is 0.314. The molecular weight excluding hydrogens is 224 g/mol. The van der Waals surface area contributed by atoms with Crippen LogP contribution in [0, 0.1) is 0 Å². The van der Waals surface area contributed by atoms with Gasteiger partial charge in [-0.05, 0) is 32.1 Å². The molecule has 3 fully saturated rings. The number of hydrogen-bond acceptors (Lipinski definition) is 4. The first-order valence-electron chi connectivity index (χ1n) is 7.19. The van der Waals surface area contributed by atoms with Crippen molar-refractivity contribution >= 4 is 5.82 Å². The predicted molar refractivity (Wildman–Crippen MR) is 70.8 cm³/mol. The second kappa shape index (κ2) is 3.92. The molecule has 2 N–H and O–H groups in total. The fraction of sp³-hybridized carbons (Fsp3) is 0.714. The zero-order chi connectivity index (χ0) is 12.1. The molecule has 3 aliphatic rings. The Balaban J connectivity index is 1.67. The summed E-state index contributed by atoms with van der Waals surface area (Å²) >= 11 is 0. The van der Waals surface area contributed by atoms with Crippen molar-refractivity contribution in [2.75, 3.05) is 18.0 Å². The van der Waals surface area contributed by atoms with Gasteiger partial charge in [0.1, 0.15) is 11.6 Å². The van der Waals surface area contributed by atoms with Crippen LogP contribution in [0.2, 0.25) is 0 Å². The fourth-order valence-electron chi connectivity index (χ4n) is 2.74. The van der Waals surface area contributed by atoms with Crippen LogP contribution in [0.25, 0.3) is 0 Å². The van der Waals surface area contributed by atoms with E-state index in [1.807, 2.05) is 0 Å². The molecule has 4 rings (SSSR count). The summed E-state index contributed by atoms with van der Waals surface area (Å²) in [6, 6.07) is 2.52. The third kappa shape index (κ3) is 1.99. The zero-order valence-electron chi connectivity index (χ0n) is 10.7. The van der Waals surface area contributed by atoms with Crippen LogP contribution in [-0.4, -0.2) is 29.1 Å². The van der Waals surface area contributed by atoms with Crippen LogP contribution < -0.4 is 10.6 Å². The molecule has 2 aliphatic carbocycles. The maximum atomic E-state index is 6.00. The van der Waals surface area contributed by atoms with Gasteiger partial charge in [-0.25, -0.2) is 9.97 Å². The summed E-state index contributed by atoms with van der Waals surface area (Å²) in [6.07, 6.45) is 6.24. The van der Waals surface area contributed by atoms with Crippen LogP contribution >= 0.6 is 0 Å². The van der Waals surface area contributed by atoms with E-state index in [-0.39, 0.29) is 0 Å². The van der Waals surface area contributed by atoms with Crippen molar-refractivity contribution in [1.82, 2.24) is 9.97 Å². The van der Waals surface area contributed by atoms with Gasteiger partial charge in [0.05, 0.1) is 0 Å². The molecule has 0 bridgehead atoms. The number of nitrogens with zero attached hydrogens (tertiary/aromatic N) is 3. The number of nitrogens with two attached hydrogens (primary N) is 1. The molecule has 1 aromatic heterocycles. The Labute approximate surface area is 108 Å². The van der Waals surface area contributed by atoms with E-state index in [0.29, 0.717) is 17.9 Å². The van der Waals surface area contributed by atoms with E-state index in [9.17, 15) is 0 Å². The highest BCUT2D eigenvalue weighted by atomic mass is 15.2. The van der Waals surface area contributed by atoms with Gasteiger partial charge < -0.3 is 10.6 Å². The number of anilines is 1. The Morgan fingerprint density at radius 1 is 1.06 bits per heavy atom. The average molecular weight is 244 g/mol. The minimum Gasteiger partial charge on any atom is -0.355 e. The topological polar surface area (TPSA) is 55.0 Å². The van der Waals surface area contributed by atoms with Crippen molar-refractivity contribution in [3.63, 3.8) is 0 Å². The van der Waals surface area contributed by atoms with E-state index in [1.165, 1.54) is 31.4 Å². The lowest BCUT2D eigenvalue weighted by atomic mass is 10.2. The monoisotopic (exact) mass is 244 g/mol. The van der Waals surface area contributed by atoms with Gasteiger partial charge in [-0.3, -0.25) is 0 Å². The average Bonchev–Trinajstić information content (AvgIpc) is 3.26. The molecule has 4 heteroatoms. The molecule has 2 heterocycles. The lowest BCUT2D eigenvalue weighted by Gasteiger charge is -2.18. The maximum absolute atomic E-state index is 6.00. The van der Waals surface area contributed by atoms with Crippen molar-refractivity contribution in [2.45, 2.75) is 50.0 Å². The highest BCUT2D eigenvalue weighted by Gasteiger charge is 2.32. The van der Waals surface area contributed by atoms with Crippen LogP contribution in [0.15, 0.2) is 6.07 Å². The first-order chi connectivity index (χ1) is 8.79. The molecule has 1 saturated heterocycles. The molecule has 1 atom stereocenters. The van der Waals surface area contributed by atoms with E-state index in [2.05, 4.69) is 11.0 Å². The second-order valence-electron chi connectivity index (χ2n) is 6.05. The van der Waals surface area contributed by atoms with Crippen molar-refractivity contribution in [3.05, 3.63) is 17.6 Å². The van der Waals surface area contributed by atoms with E-state index < -0.39 is 0 Å². The van der Waals surface area contributed by atoms with Crippen LogP contribution in [0.4, 0.5) is 5.82 Å². The van der Waals surface area contributed by atoms with Gasteiger partial charge in [0, 0.05) is 42.7 Å². The van der Waals surface area contributed by atoms with Gasteiger partial charge in [0.2, 0.25) is 0 Å². The summed E-state index contributed by atoms with van der Waals surface area (Å²) in [7, 11) is 0. The molecule has 1 aliphatic heterocycles. The Bertz CT molecular complexity index is 435. The molecule has 4 nitrogen and oxygen atoms in total. The Morgan fingerprint density at radius 2 is 1.83 bits per heavy atom. The maximum Gasteiger partial charge on any atom is 0.134 e. The number of rotatable bonds is 3. The summed E-state index contributed by atoms with van der Waals surface area (Å²) in [5.74, 6) is 3.57. The Morgan fingerprint density at radius 3 is 2.44 bits per heavy atom. The summed E-state index contributed by atoms with van der Waals surface area (Å²) in [5.41, 5.74) is 7.28. The Kier molecular flexibility index (Phi) is 2.34. The molecule has 0 radical (unpaired) electrons. The first kappa shape index (κ1) is 10.7. The SMILES string of the molecule is NC1CCN(c2cc(C3CC3)nc(C3CC3)n2)C1. The van der Waals surface area contributed by atoms with Gasteiger partial charge >= 0.3 is 0 Å². The third-order valence-corrected chi connectivity index (χ3v) is 4.24. The summed E-state index contributed by atoms with van der Waals surface area (Å²) < 4.78 is 0. The molecule has 0 aromatic carbocycles. The quantitative estimate of drug-likeness (QED) is 0.880. The molecule has 96 valence electrons. The van der Waals surface area contributed by atoms with Crippen molar-refractivity contribution < 1.29 is 0 Å². The van der Waals surface area contributed by atoms with E-state index in [1.54, 1.807) is 0 Å². The Hall–Kier alpha value is -1.16. The van der Waals surface area contributed by atoms with Crippen molar-refractivity contribution in [1.29, 1.82) is 0 Å².